The van der Waals surface area contributed by atoms with Crippen molar-refractivity contribution in [2.45, 2.75) is 32.3 Å². The fraction of sp³-hybridized carbons (Fsp3) is 0.417. The standard InChI is InChI=1S/C12H15ClO3/c1-7(2)16-10-5-4-9(6-8(10)3)11(13)12(14)15/h4-7,11H,1-3H3,(H,14,15). The number of alkyl halides is 1. The number of aryl methyl sites for hydroxylation is 1. The van der Waals surface area contributed by atoms with Crippen molar-refractivity contribution in [3.05, 3.63) is 29.3 Å². The number of benzene rings is 1. The summed E-state index contributed by atoms with van der Waals surface area (Å²) in [5.74, 6) is -0.286. The molecule has 1 aromatic rings. The molecule has 0 fully saturated rings. The summed E-state index contributed by atoms with van der Waals surface area (Å²) in [6.45, 7) is 5.75. The van der Waals surface area contributed by atoms with Gasteiger partial charge in [-0.3, -0.25) is 4.79 Å². The summed E-state index contributed by atoms with van der Waals surface area (Å²) >= 11 is 5.73. The first-order valence-corrected chi connectivity index (χ1v) is 5.49. The molecule has 1 N–H and O–H groups in total. The van der Waals surface area contributed by atoms with Crippen molar-refractivity contribution in [2.75, 3.05) is 0 Å². The zero-order valence-electron chi connectivity index (χ0n) is 9.53. The van der Waals surface area contributed by atoms with Gasteiger partial charge in [0.25, 0.3) is 0 Å². The molecule has 0 spiro atoms. The second kappa shape index (κ2) is 5.21. The SMILES string of the molecule is Cc1cc(C(Cl)C(=O)O)ccc1OC(C)C. The molecular weight excluding hydrogens is 228 g/mol. The second-order valence-electron chi connectivity index (χ2n) is 3.89. The summed E-state index contributed by atoms with van der Waals surface area (Å²) < 4.78 is 5.55. The Labute approximate surface area is 100.0 Å². The van der Waals surface area contributed by atoms with Crippen LogP contribution in [0.15, 0.2) is 18.2 Å². The van der Waals surface area contributed by atoms with Crippen LogP contribution in [0.3, 0.4) is 0 Å². The molecule has 16 heavy (non-hydrogen) atoms. The summed E-state index contributed by atoms with van der Waals surface area (Å²) in [5, 5.41) is 7.77. The molecule has 0 amide bonds. The number of hydrogen-bond acceptors (Lipinski definition) is 2. The van der Waals surface area contributed by atoms with Gasteiger partial charge >= 0.3 is 5.97 Å². The maximum absolute atomic E-state index is 10.7. The van der Waals surface area contributed by atoms with E-state index in [2.05, 4.69) is 0 Å². The van der Waals surface area contributed by atoms with Gasteiger partial charge in [-0.1, -0.05) is 12.1 Å². The summed E-state index contributed by atoms with van der Waals surface area (Å²) in [4.78, 5) is 10.7. The van der Waals surface area contributed by atoms with Crippen molar-refractivity contribution in [1.82, 2.24) is 0 Å². The molecule has 88 valence electrons. The highest BCUT2D eigenvalue weighted by Crippen LogP contribution is 2.27. The van der Waals surface area contributed by atoms with Gasteiger partial charge in [0.05, 0.1) is 6.10 Å². The molecule has 4 heteroatoms. The maximum atomic E-state index is 10.7. The van der Waals surface area contributed by atoms with Gasteiger partial charge in [-0.15, -0.1) is 11.6 Å². The van der Waals surface area contributed by atoms with Gasteiger partial charge in [0.15, 0.2) is 5.38 Å². The second-order valence-corrected chi connectivity index (χ2v) is 4.33. The Balaban J connectivity index is 2.95. The zero-order chi connectivity index (χ0) is 12.3. The Morgan fingerprint density at radius 1 is 1.44 bits per heavy atom. The van der Waals surface area contributed by atoms with Crippen LogP contribution in [0.2, 0.25) is 0 Å². The summed E-state index contributed by atoms with van der Waals surface area (Å²) in [6, 6.07) is 5.17. The van der Waals surface area contributed by atoms with Crippen molar-refractivity contribution in [3.8, 4) is 5.75 Å². The quantitative estimate of drug-likeness (QED) is 0.825. The Kier molecular flexibility index (Phi) is 4.19. The largest absolute Gasteiger partial charge is 0.491 e. The number of halogens is 1. The van der Waals surface area contributed by atoms with E-state index in [1.807, 2.05) is 20.8 Å². The van der Waals surface area contributed by atoms with E-state index in [0.29, 0.717) is 5.56 Å². The molecule has 0 aliphatic rings. The van der Waals surface area contributed by atoms with Crippen molar-refractivity contribution in [3.63, 3.8) is 0 Å². The summed E-state index contributed by atoms with van der Waals surface area (Å²) in [7, 11) is 0. The number of carboxylic acid groups (broad SMARTS) is 1. The molecule has 0 bridgehead atoms. The third-order valence-electron chi connectivity index (χ3n) is 2.07. The van der Waals surface area contributed by atoms with Gasteiger partial charge < -0.3 is 9.84 Å². The molecule has 1 atom stereocenters. The smallest absolute Gasteiger partial charge is 0.326 e. The van der Waals surface area contributed by atoms with E-state index in [0.717, 1.165) is 11.3 Å². The zero-order valence-corrected chi connectivity index (χ0v) is 10.3. The van der Waals surface area contributed by atoms with Gasteiger partial charge in [0, 0.05) is 0 Å². The number of aliphatic carboxylic acids is 1. The van der Waals surface area contributed by atoms with Crippen LogP contribution in [0.4, 0.5) is 0 Å². The lowest BCUT2D eigenvalue weighted by Crippen LogP contribution is -2.08. The third kappa shape index (κ3) is 3.14. The van der Waals surface area contributed by atoms with Crippen LogP contribution in [-0.2, 0) is 4.79 Å². The number of carbonyl (C=O) groups is 1. The van der Waals surface area contributed by atoms with E-state index < -0.39 is 11.3 Å². The van der Waals surface area contributed by atoms with Crippen LogP contribution >= 0.6 is 11.6 Å². The van der Waals surface area contributed by atoms with Crippen molar-refractivity contribution < 1.29 is 14.6 Å². The predicted molar refractivity (Wildman–Crippen MR) is 63.2 cm³/mol. The molecule has 0 aliphatic heterocycles. The van der Waals surface area contributed by atoms with Crippen molar-refractivity contribution in [1.29, 1.82) is 0 Å². The molecular formula is C12H15ClO3. The molecule has 3 nitrogen and oxygen atoms in total. The van der Waals surface area contributed by atoms with Crippen LogP contribution in [0.1, 0.15) is 30.4 Å². The van der Waals surface area contributed by atoms with Crippen molar-refractivity contribution in [2.24, 2.45) is 0 Å². The van der Waals surface area contributed by atoms with E-state index in [1.165, 1.54) is 0 Å². The molecule has 0 heterocycles. The lowest BCUT2D eigenvalue weighted by atomic mass is 10.1. The first-order chi connectivity index (χ1) is 7.41. The van der Waals surface area contributed by atoms with Crippen LogP contribution in [-0.4, -0.2) is 17.2 Å². The minimum Gasteiger partial charge on any atom is -0.491 e. The fourth-order valence-corrected chi connectivity index (χ4v) is 1.49. The molecule has 0 radical (unpaired) electrons. The molecule has 0 saturated carbocycles. The topological polar surface area (TPSA) is 46.5 Å². The lowest BCUT2D eigenvalue weighted by Gasteiger charge is -2.14. The van der Waals surface area contributed by atoms with E-state index in [-0.39, 0.29) is 6.10 Å². The van der Waals surface area contributed by atoms with Crippen molar-refractivity contribution >= 4 is 17.6 Å². The van der Waals surface area contributed by atoms with Gasteiger partial charge in [-0.2, -0.15) is 0 Å². The Morgan fingerprint density at radius 3 is 2.50 bits per heavy atom. The Bertz CT molecular complexity index is 388. The Morgan fingerprint density at radius 2 is 2.06 bits per heavy atom. The number of ether oxygens (including phenoxy) is 1. The molecule has 0 saturated heterocycles. The van der Waals surface area contributed by atoms with Gasteiger partial charge in [-0.25, -0.2) is 0 Å². The highest BCUT2D eigenvalue weighted by atomic mass is 35.5. The third-order valence-corrected chi connectivity index (χ3v) is 2.51. The van der Waals surface area contributed by atoms with Crippen LogP contribution in [0.5, 0.6) is 5.75 Å². The summed E-state index contributed by atoms with van der Waals surface area (Å²) in [6.07, 6.45) is 0.0934. The van der Waals surface area contributed by atoms with E-state index >= 15 is 0 Å². The van der Waals surface area contributed by atoms with Gasteiger partial charge in [0.1, 0.15) is 5.75 Å². The predicted octanol–water partition coefficient (Wildman–Crippen LogP) is 3.15. The van der Waals surface area contributed by atoms with E-state index in [4.69, 9.17) is 21.4 Å². The van der Waals surface area contributed by atoms with Crippen LogP contribution in [0, 0.1) is 6.92 Å². The Hall–Kier alpha value is -1.22. The van der Waals surface area contributed by atoms with E-state index in [9.17, 15) is 4.79 Å². The summed E-state index contributed by atoms with van der Waals surface area (Å²) in [5.41, 5.74) is 1.46. The van der Waals surface area contributed by atoms with Gasteiger partial charge in [0.2, 0.25) is 0 Å². The number of rotatable bonds is 4. The molecule has 1 aromatic carbocycles. The fourth-order valence-electron chi connectivity index (χ4n) is 1.36. The molecule has 1 rings (SSSR count). The minimum absolute atomic E-state index is 0.0934. The molecule has 1 unspecified atom stereocenters. The van der Waals surface area contributed by atoms with Gasteiger partial charge in [-0.05, 0) is 38.0 Å². The highest BCUT2D eigenvalue weighted by molar-refractivity contribution is 6.29. The minimum atomic E-state index is -1.04. The van der Waals surface area contributed by atoms with Crippen LogP contribution in [0.25, 0.3) is 0 Å². The van der Waals surface area contributed by atoms with Crippen LogP contribution < -0.4 is 4.74 Å². The first kappa shape index (κ1) is 12.8. The molecule has 0 aromatic heterocycles. The average molecular weight is 243 g/mol. The normalized spacial score (nSPS) is 12.6. The monoisotopic (exact) mass is 242 g/mol. The average Bonchev–Trinajstić information content (AvgIpc) is 2.19. The molecule has 0 aliphatic carbocycles. The maximum Gasteiger partial charge on any atom is 0.326 e. The lowest BCUT2D eigenvalue weighted by molar-refractivity contribution is -0.136. The van der Waals surface area contributed by atoms with E-state index in [1.54, 1.807) is 18.2 Å². The number of carboxylic acids is 1. The number of hydrogen-bond donors (Lipinski definition) is 1. The highest BCUT2D eigenvalue weighted by Gasteiger charge is 2.17. The first-order valence-electron chi connectivity index (χ1n) is 5.06.